The maximum Gasteiger partial charge on any atom is 0.123 e. The van der Waals surface area contributed by atoms with Crippen LogP contribution >= 0.6 is 0 Å². The molecule has 2 unspecified atom stereocenters. The number of nitrogens with zero attached hydrogens (tertiary/aromatic N) is 1. The SMILES string of the molecule is CCC1CN(Cc2cc(C)ccc2OC)CCC1N. The minimum absolute atomic E-state index is 0.376. The summed E-state index contributed by atoms with van der Waals surface area (Å²) in [7, 11) is 1.75. The molecule has 1 aliphatic heterocycles. The van der Waals surface area contributed by atoms with Gasteiger partial charge in [0.25, 0.3) is 0 Å². The Bertz CT molecular complexity index is 419. The van der Waals surface area contributed by atoms with Gasteiger partial charge in [-0.2, -0.15) is 0 Å². The molecular formula is C16H26N2O. The largest absolute Gasteiger partial charge is 0.496 e. The Labute approximate surface area is 116 Å². The summed E-state index contributed by atoms with van der Waals surface area (Å²) < 4.78 is 5.46. The van der Waals surface area contributed by atoms with E-state index < -0.39 is 0 Å². The van der Waals surface area contributed by atoms with E-state index >= 15 is 0 Å². The van der Waals surface area contributed by atoms with E-state index in [2.05, 4.69) is 36.9 Å². The van der Waals surface area contributed by atoms with Crippen molar-refractivity contribution in [3.8, 4) is 5.75 Å². The van der Waals surface area contributed by atoms with Crippen LogP contribution in [0, 0.1) is 12.8 Å². The van der Waals surface area contributed by atoms with Crippen LogP contribution in [0.3, 0.4) is 0 Å². The molecule has 1 fully saturated rings. The quantitative estimate of drug-likeness (QED) is 0.906. The van der Waals surface area contributed by atoms with Crippen LogP contribution in [0.4, 0.5) is 0 Å². The topological polar surface area (TPSA) is 38.5 Å². The highest BCUT2D eigenvalue weighted by Gasteiger charge is 2.25. The molecule has 3 heteroatoms. The molecule has 1 aromatic rings. The van der Waals surface area contributed by atoms with E-state index in [9.17, 15) is 0 Å². The van der Waals surface area contributed by atoms with E-state index in [1.807, 2.05) is 0 Å². The molecule has 0 bridgehead atoms. The second kappa shape index (κ2) is 6.40. The maximum absolute atomic E-state index is 6.17. The smallest absolute Gasteiger partial charge is 0.123 e. The Kier molecular flexibility index (Phi) is 4.83. The van der Waals surface area contributed by atoms with Gasteiger partial charge >= 0.3 is 0 Å². The van der Waals surface area contributed by atoms with Crippen molar-refractivity contribution >= 4 is 0 Å². The van der Waals surface area contributed by atoms with Gasteiger partial charge in [0, 0.05) is 24.7 Å². The van der Waals surface area contributed by atoms with E-state index in [4.69, 9.17) is 10.5 Å². The molecule has 2 rings (SSSR count). The molecule has 0 saturated carbocycles. The van der Waals surface area contributed by atoms with Gasteiger partial charge in [-0.3, -0.25) is 4.90 Å². The van der Waals surface area contributed by atoms with Gasteiger partial charge in [0.05, 0.1) is 7.11 Å². The number of methoxy groups -OCH3 is 1. The molecule has 0 aromatic heterocycles. The van der Waals surface area contributed by atoms with Crippen LogP contribution in [-0.2, 0) is 6.54 Å². The number of hydrogen-bond acceptors (Lipinski definition) is 3. The first-order valence-corrected chi connectivity index (χ1v) is 7.25. The Morgan fingerprint density at radius 1 is 1.42 bits per heavy atom. The fourth-order valence-electron chi connectivity index (χ4n) is 2.97. The summed E-state index contributed by atoms with van der Waals surface area (Å²) in [6.45, 7) is 7.53. The molecular weight excluding hydrogens is 236 g/mol. The monoisotopic (exact) mass is 262 g/mol. The zero-order valence-electron chi connectivity index (χ0n) is 12.4. The van der Waals surface area contributed by atoms with Crippen molar-refractivity contribution in [2.75, 3.05) is 20.2 Å². The molecule has 3 nitrogen and oxygen atoms in total. The lowest BCUT2D eigenvalue weighted by Gasteiger charge is -2.36. The molecule has 0 spiro atoms. The maximum atomic E-state index is 6.17. The highest BCUT2D eigenvalue weighted by atomic mass is 16.5. The summed E-state index contributed by atoms with van der Waals surface area (Å²) >= 11 is 0. The lowest BCUT2D eigenvalue weighted by Crippen LogP contribution is -2.46. The average molecular weight is 262 g/mol. The molecule has 1 aromatic carbocycles. The first-order chi connectivity index (χ1) is 9.13. The van der Waals surface area contributed by atoms with Crippen LogP contribution in [0.1, 0.15) is 30.9 Å². The van der Waals surface area contributed by atoms with E-state index in [0.717, 1.165) is 31.8 Å². The summed E-state index contributed by atoms with van der Waals surface area (Å²) in [6, 6.07) is 6.77. The predicted molar refractivity (Wildman–Crippen MR) is 79.4 cm³/mol. The third-order valence-electron chi connectivity index (χ3n) is 4.23. The Balaban J connectivity index is 2.06. The molecule has 0 radical (unpaired) electrons. The van der Waals surface area contributed by atoms with Crippen LogP contribution in [0.2, 0.25) is 0 Å². The third-order valence-corrected chi connectivity index (χ3v) is 4.23. The number of rotatable bonds is 4. The van der Waals surface area contributed by atoms with Crippen LogP contribution in [0.5, 0.6) is 5.75 Å². The molecule has 2 N–H and O–H groups in total. The Hall–Kier alpha value is -1.06. The molecule has 19 heavy (non-hydrogen) atoms. The van der Waals surface area contributed by atoms with Crippen LogP contribution in [-0.4, -0.2) is 31.1 Å². The van der Waals surface area contributed by atoms with Crippen molar-refractivity contribution < 1.29 is 4.74 Å². The summed E-state index contributed by atoms with van der Waals surface area (Å²) in [5.74, 6) is 1.62. The van der Waals surface area contributed by atoms with Crippen molar-refractivity contribution in [3.05, 3.63) is 29.3 Å². The highest BCUT2D eigenvalue weighted by Crippen LogP contribution is 2.25. The minimum atomic E-state index is 0.376. The van der Waals surface area contributed by atoms with E-state index in [-0.39, 0.29) is 0 Å². The van der Waals surface area contributed by atoms with Gasteiger partial charge in [0.1, 0.15) is 5.75 Å². The lowest BCUT2D eigenvalue weighted by atomic mass is 9.90. The lowest BCUT2D eigenvalue weighted by molar-refractivity contribution is 0.144. The zero-order chi connectivity index (χ0) is 13.8. The molecule has 1 saturated heterocycles. The second-order valence-corrected chi connectivity index (χ2v) is 5.67. The number of likely N-dealkylation sites (tertiary alicyclic amines) is 1. The van der Waals surface area contributed by atoms with Crippen LogP contribution < -0.4 is 10.5 Å². The molecule has 2 atom stereocenters. The fourth-order valence-corrected chi connectivity index (χ4v) is 2.97. The Morgan fingerprint density at radius 3 is 2.89 bits per heavy atom. The summed E-state index contributed by atoms with van der Waals surface area (Å²) in [4.78, 5) is 2.51. The van der Waals surface area contributed by atoms with E-state index in [1.165, 1.54) is 17.5 Å². The van der Waals surface area contributed by atoms with E-state index in [1.54, 1.807) is 7.11 Å². The van der Waals surface area contributed by atoms with Crippen molar-refractivity contribution in [2.45, 2.75) is 39.3 Å². The number of piperidine rings is 1. The van der Waals surface area contributed by atoms with Gasteiger partial charge in [-0.05, 0) is 31.9 Å². The number of hydrogen-bond donors (Lipinski definition) is 1. The molecule has 0 amide bonds. The molecule has 0 aliphatic carbocycles. The summed E-state index contributed by atoms with van der Waals surface area (Å²) in [5.41, 5.74) is 8.75. The van der Waals surface area contributed by atoms with Crippen molar-refractivity contribution in [1.82, 2.24) is 4.90 Å². The van der Waals surface area contributed by atoms with E-state index in [0.29, 0.717) is 12.0 Å². The minimum Gasteiger partial charge on any atom is -0.496 e. The first kappa shape index (κ1) is 14.4. The van der Waals surface area contributed by atoms with Crippen LogP contribution in [0.15, 0.2) is 18.2 Å². The highest BCUT2D eigenvalue weighted by molar-refractivity contribution is 5.36. The first-order valence-electron chi connectivity index (χ1n) is 7.25. The zero-order valence-corrected chi connectivity index (χ0v) is 12.4. The predicted octanol–water partition coefficient (Wildman–Crippen LogP) is 2.56. The average Bonchev–Trinajstić information content (AvgIpc) is 2.41. The Morgan fingerprint density at radius 2 is 2.21 bits per heavy atom. The van der Waals surface area contributed by atoms with Gasteiger partial charge in [-0.1, -0.05) is 31.0 Å². The van der Waals surface area contributed by atoms with Gasteiger partial charge in [0.2, 0.25) is 0 Å². The van der Waals surface area contributed by atoms with Crippen LogP contribution in [0.25, 0.3) is 0 Å². The van der Waals surface area contributed by atoms with Crippen molar-refractivity contribution in [2.24, 2.45) is 11.7 Å². The van der Waals surface area contributed by atoms with Gasteiger partial charge in [-0.25, -0.2) is 0 Å². The fraction of sp³-hybridized carbons (Fsp3) is 0.625. The molecule has 1 heterocycles. The van der Waals surface area contributed by atoms with Gasteiger partial charge in [-0.15, -0.1) is 0 Å². The molecule has 106 valence electrons. The second-order valence-electron chi connectivity index (χ2n) is 5.67. The van der Waals surface area contributed by atoms with Crippen molar-refractivity contribution in [1.29, 1.82) is 0 Å². The molecule has 1 aliphatic rings. The summed E-state index contributed by atoms with van der Waals surface area (Å²) in [6.07, 6.45) is 2.27. The standard InChI is InChI=1S/C16H26N2O/c1-4-13-10-18(8-7-15(13)17)11-14-9-12(2)5-6-16(14)19-3/h5-6,9,13,15H,4,7-8,10-11,17H2,1-3H3. The number of ether oxygens (including phenoxy) is 1. The van der Waals surface area contributed by atoms with Crippen molar-refractivity contribution in [3.63, 3.8) is 0 Å². The summed E-state index contributed by atoms with van der Waals surface area (Å²) in [5, 5.41) is 0. The third kappa shape index (κ3) is 3.48. The number of nitrogens with two attached hydrogens (primary N) is 1. The normalized spacial score (nSPS) is 24.4. The van der Waals surface area contributed by atoms with Gasteiger partial charge < -0.3 is 10.5 Å². The number of aryl methyl sites for hydroxylation is 1. The van der Waals surface area contributed by atoms with Gasteiger partial charge in [0.15, 0.2) is 0 Å². The number of benzene rings is 1.